The topological polar surface area (TPSA) is 15.3 Å². The van der Waals surface area contributed by atoms with Crippen LogP contribution in [0, 0.1) is 0 Å². The summed E-state index contributed by atoms with van der Waals surface area (Å²) < 4.78 is 37.6. The molecule has 17 heavy (non-hydrogen) atoms. The molecule has 2 aliphatic heterocycles. The zero-order valence-electron chi connectivity index (χ0n) is 10.3. The number of piperidine rings is 2. The summed E-state index contributed by atoms with van der Waals surface area (Å²) in [6.45, 7) is 2.24. The third-order valence-corrected chi connectivity index (χ3v) is 3.98. The van der Waals surface area contributed by atoms with Crippen molar-refractivity contribution in [3.05, 3.63) is 0 Å². The van der Waals surface area contributed by atoms with Crippen molar-refractivity contribution in [1.29, 1.82) is 0 Å². The van der Waals surface area contributed by atoms with Crippen molar-refractivity contribution in [2.45, 2.75) is 63.3 Å². The molecule has 2 saturated heterocycles. The van der Waals surface area contributed by atoms with Gasteiger partial charge in [-0.25, -0.2) is 0 Å². The maximum atomic E-state index is 12.5. The smallest absolute Gasteiger partial charge is 0.314 e. The van der Waals surface area contributed by atoms with Crippen molar-refractivity contribution in [3.63, 3.8) is 0 Å². The Morgan fingerprint density at radius 2 is 1.76 bits per heavy atom. The molecule has 100 valence electrons. The van der Waals surface area contributed by atoms with Crippen molar-refractivity contribution in [1.82, 2.24) is 10.2 Å². The standard InChI is InChI=1S/C12H21F3N2/c1-2-16-9-6-10-4-3-5-11(7-9)17(10)8-12(13,14)15/h9-11,16H,2-8H2,1H3. The largest absolute Gasteiger partial charge is 0.401 e. The van der Waals surface area contributed by atoms with Gasteiger partial charge in [-0.3, -0.25) is 4.90 Å². The SMILES string of the molecule is CCNC1CC2CCCC(C1)N2CC(F)(F)F. The summed E-state index contributed by atoms with van der Waals surface area (Å²) in [6.07, 6.45) is 0.630. The maximum Gasteiger partial charge on any atom is 0.401 e. The summed E-state index contributed by atoms with van der Waals surface area (Å²) in [5.74, 6) is 0. The Bertz CT molecular complexity index is 241. The number of hydrogen-bond donors (Lipinski definition) is 1. The van der Waals surface area contributed by atoms with Crippen LogP contribution in [-0.4, -0.2) is 42.3 Å². The van der Waals surface area contributed by atoms with Crippen LogP contribution in [0.4, 0.5) is 13.2 Å². The lowest BCUT2D eigenvalue weighted by Gasteiger charge is -2.49. The Kier molecular flexibility index (Phi) is 3.98. The molecule has 2 atom stereocenters. The molecule has 2 aliphatic rings. The predicted octanol–water partition coefficient (Wildman–Crippen LogP) is 2.54. The van der Waals surface area contributed by atoms with E-state index in [0.29, 0.717) is 6.04 Å². The molecule has 0 radical (unpaired) electrons. The van der Waals surface area contributed by atoms with Gasteiger partial charge >= 0.3 is 6.18 Å². The second-order valence-electron chi connectivity index (χ2n) is 5.25. The van der Waals surface area contributed by atoms with Crippen LogP contribution in [0.1, 0.15) is 39.0 Å². The van der Waals surface area contributed by atoms with Crippen molar-refractivity contribution in [2.75, 3.05) is 13.1 Å². The molecule has 2 heterocycles. The molecule has 0 aromatic rings. The van der Waals surface area contributed by atoms with Gasteiger partial charge in [-0.05, 0) is 32.2 Å². The molecule has 2 fully saturated rings. The fourth-order valence-electron chi connectivity index (χ4n) is 3.40. The molecule has 5 heteroatoms. The lowest BCUT2D eigenvalue weighted by molar-refractivity contribution is -0.166. The van der Waals surface area contributed by atoms with Crippen LogP contribution in [-0.2, 0) is 0 Å². The number of rotatable bonds is 3. The van der Waals surface area contributed by atoms with Crippen LogP contribution in [0.15, 0.2) is 0 Å². The molecular formula is C12H21F3N2. The highest BCUT2D eigenvalue weighted by molar-refractivity contribution is 4.95. The molecule has 2 nitrogen and oxygen atoms in total. The minimum Gasteiger partial charge on any atom is -0.314 e. The molecule has 0 amide bonds. The number of nitrogens with one attached hydrogen (secondary N) is 1. The lowest BCUT2D eigenvalue weighted by Crippen LogP contribution is -2.58. The maximum absolute atomic E-state index is 12.5. The molecule has 2 unspecified atom stereocenters. The van der Waals surface area contributed by atoms with Gasteiger partial charge < -0.3 is 5.32 Å². The molecule has 0 aromatic heterocycles. The fraction of sp³-hybridized carbons (Fsp3) is 1.00. The first-order valence-corrected chi connectivity index (χ1v) is 6.55. The van der Waals surface area contributed by atoms with Crippen LogP contribution in [0.2, 0.25) is 0 Å². The third-order valence-electron chi connectivity index (χ3n) is 3.98. The Morgan fingerprint density at radius 1 is 1.18 bits per heavy atom. The van der Waals surface area contributed by atoms with E-state index in [1.807, 2.05) is 0 Å². The van der Waals surface area contributed by atoms with Gasteiger partial charge in [0, 0.05) is 18.1 Å². The molecule has 2 rings (SSSR count). The quantitative estimate of drug-likeness (QED) is 0.828. The highest BCUT2D eigenvalue weighted by Gasteiger charge is 2.43. The molecule has 1 N–H and O–H groups in total. The first-order valence-electron chi connectivity index (χ1n) is 6.55. The van der Waals surface area contributed by atoms with E-state index in [-0.39, 0.29) is 12.1 Å². The third kappa shape index (κ3) is 3.35. The van der Waals surface area contributed by atoms with Crippen molar-refractivity contribution >= 4 is 0 Å². The first-order chi connectivity index (χ1) is 7.99. The van der Waals surface area contributed by atoms with Crippen LogP contribution in [0.3, 0.4) is 0 Å². The van der Waals surface area contributed by atoms with Gasteiger partial charge in [0.15, 0.2) is 0 Å². The lowest BCUT2D eigenvalue weighted by atomic mass is 9.81. The predicted molar refractivity (Wildman–Crippen MR) is 60.9 cm³/mol. The van der Waals surface area contributed by atoms with Crippen LogP contribution < -0.4 is 5.32 Å². The Hall–Kier alpha value is -0.290. The van der Waals surface area contributed by atoms with Crippen LogP contribution in [0.25, 0.3) is 0 Å². The van der Waals surface area contributed by atoms with Crippen LogP contribution in [0.5, 0.6) is 0 Å². The summed E-state index contributed by atoms with van der Waals surface area (Å²) in [4.78, 5) is 1.71. The second kappa shape index (κ2) is 5.14. The Balaban J connectivity index is 1.99. The zero-order chi connectivity index (χ0) is 12.5. The van der Waals surface area contributed by atoms with E-state index in [1.165, 1.54) is 0 Å². The highest BCUT2D eigenvalue weighted by atomic mass is 19.4. The summed E-state index contributed by atoms with van der Waals surface area (Å²) in [5, 5.41) is 3.39. The van der Waals surface area contributed by atoms with E-state index in [1.54, 1.807) is 4.90 Å². The second-order valence-corrected chi connectivity index (χ2v) is 5.25. The molecule has 0 aromatic carbocycles. The van der Waals surface area contributed by atoms with E-state index in [9.17, 15) is 13.2 Å². The minimum absolute atomic E-state index is 0.133. The zero-order valence-corrected chi connectivity index (χ0v) is 10.3. The van der Waals surface area contributed by atoms with Gasteiger partial charge in [0.05, 0.1) is 6.54 Å². The Morgan fingerprint density at radius 3 is 2.24 bits per heavy atom. The fourth-order valence-corrected chi connectivity index (χ4v) is 3.40. The summed E-state index contributed by atoms with van der Waals surface area (Å²) in [6, 6.07) is 0.682. The van der Waals surface area contributed by atoms with E-state index >= 15 is 0 Å². The number of fused-ring (bicyclic) bond motifs is 2. The van der Waals surface area contributed by atoms with E-state index in [4.69, 9.17) is 0 Å². The van der Waals surface area contributed by atoms with Crippen molar-refractivity contribution in [2.24, 2.45) is 0 Å². The van der Waals surface area contributed by atoms with Gasteiger partial charge in [-0.1, -0.05) is 13.3 Å². The molecule has 2 bridgehead atoms. The van der Waals surface area contributed by atoms with Crippen molar-refractivity contribution < 1.29 is 13.2 Å². The Labute approximate surface area is 101 Å². The van der Waals surface area contributed by atoms with Gasteiger partial charge in [-0.15, -0.1) is 0 Å². The molecule has 0 saturated carbocycles. The summed E-state index contributed by atoms with van der Waals surface area (Å²) in [5.41, 5.74) is 0. The van der Waals surface area contributed by atoms with Gasteiger partial charge in [0.1, 0.15) is 0 Å². The first kappa shape index (κ1) is 13.1. The van der Waals surface area contributed by atoms with Gasteiger partial charge in [0.25, 0.3) is 0 Å². The van der Waals surface area contributed by atoms with Gasteiger partial charge in [0.2, 0.25) is 0 Å². The van der Waals surface area contributed by atoms with Crippen molar-refractivity contribution in [3.8, 4) is 0 Å². The normalized spacial score (nSPS) is 34.9. The van der Waals surface area contributed by atoms with Crippen LogP contribution >= 0.6 is 0 Å². The van der Waals surface area contributed by atoms with E-state index in [0.717, 1.165) is 38.6 Å². The van der Waals surface area contributed by atoms with E-state index in [2.05, 4.69) is 12.2 Å². The molecule has 0 aliphatic carbocycles. The van der Waals surface area contributed by atoms with Gasteiger partial charge in [-0.2, -0.15) is 13.2 Å². The number of hydrogen-bond acceptors (Lipinski definition) is 2. The minimum atomic E-state index is -4.06. The number of halogens is 3. The highest BCUT2D eigenvalue weighted by Crippen LogP contribution is 2.36. The monoisotopic (exact) mass is 250 g/mol. The van der Waals surface area contributed by atoms with E-state index < -0.39 is 12.7 Å². The number of alkyl halides is 3. The summed E-state index contributed by atoms with van der Waals surface area (Å²) in [7, 11) is 0. The number of nitrogens with zero attached hydrogens (tertiary/aromatic N) is 1. The molecule has 0 spiro atoms. The summed E-state index contributed by atoms with van der Waals surface area (Å²) >= 11 is 0. The average Bonchev–Trinajstić information content (AvgIpc) is 2.17. The average molecular weight is 250 g/mol. The molecular weight excluding hydrogens is 229 g/mol.